The summed E-state index contributed by atoms with van der Waals surface area (Å²) in [7, 11) is 5.58. The number of hydrogen-bond donors (Lipinski definition) is 1. The summed E-state index contributed by atoms with van der Waals surface area (Å²) in [6.07, 6.45) is 0. The van der Waals surface area contributed by atoms with Crippen molar-refractivity contribution in [3.05, 3.63) is 70.5 Å². The fraction of sp³-hybridized carbons (Fsp3) is 0.130. The van der Waals surface area contributed by atoms with Crippen LogP contribution in [0.5, 0.6) is 0 Å². The lowest BCUT2D eigenvalue weighted by molar-refractivity contribution is 0.0697. The summed E-state index contributed by atoms with van der Waals surface area (Å²) in [6.45, 7) is 0. The van der Waals surface area contributed by atoms with Gasteiger partial charge in [-0.2, -0.15) is 0 Å². The fourth-order valence-electron chi connectivity index (χ4n) is 3.52. The number of hydrogen-bond acceptors (Lipinski definition) is 4. The van der Waals surface area contributed by atoms with Crippen molar-refractivity contribution >= 4 is 34.2 Å². The summed E-state index contributed by atoms with van der Waals surface area (Å²) < 4.78 is 6.20. The molecule has 2 aliphatic rings. The predicted molar refractivity (Wildman–Crippen MR) is 116 cm³/mol. The highest BCUT2D eigenvalue weighted by atomic mass is 35.5. The van der Waals surface area contributed by atoms with Gasteiger partial charge >= 0.3 is 5.97 Å². The van der Waals surface area contributed by atoms with E-state index in [9.17, 15) is 9.90 Å². The first kappa shape index (κ1) is 19.0. The first-order valence-electron chi connectivity index (χ1n) is 9.03. The Balaban J connectivity index is 2.21. The van der Waals surface area contributed by atoms with Crippen LogP contribution in [0.4, 0.5) is 5.69 Å². The average molecular weight is 407 g/mol. The molecule has 146 valence electrons. The van der Waals surface area contributed by atoms with E-state index in [4.69, 9.17) is 16.0 Å². The van der Waals surface area contributed by atoms with E-state index in [0.29, 0.717) is 27.3 Å². The molecule has 0 aromatic heterocycles. The number of nitrogens with zero attached hydrogens (tertiary/aromatic N) is 2. The van der Waals surface area contributed by atoms with Gasteiger partial charge in [-0.3, -0.25) is 4.99 Å². The molecule has 6 heteroatoms. The number of halogens is 1. The van der Waals surface area contributed by atoms with Gasteiger partial charge in [-0.15, -0.1) is 0 Å². The first-order chi connectivity index (χ1) is 13.9. The Hall–Kier alpha value is -3.31. The van der Waals surface area contributed by atoms with Crippen molar-refractivity contribution in [2.45, 2.75) is 0 Å². The molecular weight excluding hydrogens is 388 g/mol. The Morgan fingerprint density at radius 1 is 1.07 bits per heavy atom. The van der Waals surface area contributed by atoms with E-state index in [1.54, 1.807) is 31.3 Å². The van der Waals surface area contributed by atoms with Crippen molar-refractivity contribution in [2.24, 2.45) is 4.99 Å². The largest absolute Gasteiger partial charge is 0.478 e. The lowest BCUT2D eigenvalue weighted by Crippen LogP contribution is -2.09. The molecule has 0 bridgehead atoms. The molecule has 0 radical (unpaired) electrons. The molecule has 2 aromatic carbocycles. The van der Waals surface area contributed by atoms with E-state index in [0.717, 1.165) is 22.2 Å². The molecule has 1 aliphatic heterocycles. The van der Waals surface area contributed by atoms with Gasteiger partial charge in [-0.1, -0.05) is 29.8 Å². The Morgan fingerprint density at radius 2 is 1.83 bits per heavy atom. The maximum Gasteiger partial charge on any atom is 0.336 e. The molecule has 0 fully saturated rings. The third-order valence-corrected chi connectivity index (χ3v) is 5.26. The van der Waals surface area contributed by atoms with E-state index < -0.39 is 5.97 Å². The van der Waals surface area contributed by atoms with Gasteiger partial charge in [0.2, 0.25) is 0 Å². The zero-order valence-electron chi connectivity index (χ0n) is 16.2. The van der Waals surface area contributed by atoms with Crippen molar-refractivity contribution in [1.29, 1.82) is 0 Å². The van der Waals surface area contributed by atoms with Crippen molar-refractivity contribution in [2.75, 3.05) is 26.0 Å². The maximum absolute atomic E-state index is 11.9. The van der Waals surface area contributed by atoms with Crippen LogP contribution < -0.4 is 10.3 Å². The van der Waals surface area contributed by atoms with Crippen LogP contribution in [0.2, 0.25) is 5.02 Å². The van der Waals surface area contributed by atoms with E-state index in [2.05, 4.69) is 4.99 Å². The van der Waals surface area contributed by atoms with Crippen LogP contribution in [-0.4, -0.2) is 32.2 Å². The van der Waals surface area contributed by atoms with Crippen LogP contribution in [0.15, 0.2) is 64.0 Å². The van der Waals surface area contributed by atoms with Crippen molar-refractivity contribution in [3.63, 3.8) is 0 Å². The molecule has 0 saturated heterocycles. The van der Waals surface area contributed by atoms with Gasteiger partial charge in [0.1, 0.15) is 11.3 Å². The second-order valence-electron chi connectivity index (χ2n) is 6.93. The summed E-state index contributed by atoms with van der Waals surface area (Å²) in [4.78, 5) is 18.1. The standard InChI is InChI=1S/C23H19ClN2O3/c1-25-19-12-21-17(11-18(19)24)22(14-6-4-5-7-15(14)23(27)28)16-9-8-13(26(2)3)10-20(16)29-21/h4-12H,1-3H3,(H,27,28). The Labute approximate surface area is 172 Å². The predicted octanol–water partition coefficient (Wildman–Crippen LogP) is 5.15. The lowest BCUT2D eigenvalue weighted by atomic mass is 9.90. The third kappa shape index (κ3) is 3.23. The van der Waals surface area contributed by atoms with Crippen LogP contribution >= 0.6 is 11.6 Å². The SMILES string of the molecule is CN=c1cc2oc3cc(N(C)C)ccc3c(-c3ccccc3C(=O)O)c-2cc1Cl. The summed E-state index contributed by atoms with van der Waals surface area (Å²) in [5.41, 5.74) is 3.98. The minimum Gasteiger partial charge on any atom is -0.478 e. The molecule has 2 aromatic rings. The summed E-state index contributed by atoms with van der Waals surface area (Å²) >= 11 is 6.42. The molecule has 0 atom stereocenters. The second-order valence-corrected chi connectivity index (χ2v) is 7.33. The molecule has 5 nitrogen and oxygen atoms in total. The van der Waals surface area contributed by atoms with Crippen molar-refractivity contribution in [1.82, 2.24) is 0 Å². The highest BCUT2D eigenvalue weighted by Crippen LogP contribution is 2.42. The monoisotopic (exact) mass is 406 g/mol. The topological polar surface area (TPSA) is 66.0 Å². The summed E-state index contributed by atoms with van der Waals surface area (Å²) in [5, 5.41) is 11.7. The Morgan fingerprint density at radius 3 is 2.52 bits per heavy atom. The number of carboxylic acids is 1. The number of carbonyl (C=O) groups is 1. The van der Waals surface area contributed by atoms with Crippen molar-refractivity contribution in [3.8, 4) is 22.5 Å². The molecule has 0 amide bonds. The normalized spacial score (nSPS) is 11.9. The number of carboxylic acid groups (broad SMARTS) is 1. The van der Waals surface area contributed by atoms with Gasteiger partial charge in [0.15, 0.2) is 0 Å². The molecule has 29 heavy (non-hydrogen) atoms. The minimum atomic E-state index is -0.987. The molecule has 4 rings (SSSR count). The number of fused-ring (bicyclic) bond motifs is 2. The van der Waals surface area contributed by atoms with Gasteiger partial charge in [0.05, 0.1) is 15.9 Å². The summed E-state index contributed by atoms with van der Waals surface area (Å²) in [6, 6.07) is 16.4. The molecule has 0 spiro atoms. The van der Waals surface area contributed by atoms with E-state index >= 15 is 0 Å². The molecule has 1 heterocycles. The molecule has 1 N–H and O–H groups in total. The second kappa shape index (κ2) is 7.26. The quantitative estimate of drug-likeness (QED) is 0.477. The number of rotatable bonds is 3. The van der Waals surface area contributed by atoms with Gasteiger partial charge in [-0.25, -0.2) is 4.79 Å². The molecule has 0 unspecified atom stereocenters. The fourth-order valence-corrected chi connectivity index (χ4v) is 3.76. The van der Waals surface area contributed by atoms with Crippen LogP contribution in [0.3, 0.4) is 0 Å². The van der Waals surface area contributed by atoms with E-state index in [1.807, 2.05) is 49.3 Å². The first-order valence-corrected chi connectivity index (χ1v) is 9.41. The van der Waals surface area contributed by atoms with Crippen LogP contribution in [-0.2, 0) is 0 Å². The minimum absolute atomic E-state index is 0.221. The van der Waals surface area contributed by atoms with Crippen LogP contribution in [0.25, 0.3) is 33.4 Å². The number of benzene rings is 3. The zero-order valence-corrected chi connectivity index (χ0v) is 17.0. The number of anilines is 1. The lowest BCUT2D eigenvalue weighted by Gasteiger charge is -2.19. The molecular formula is C23H19ClN2O3. The number of aromatic carboxylic acids is 1. The summed E-state index contributed by atoms with van der Waals surface area (Å²) in [5.74, 6) is -0.396. The van der Waals surface area contributed by atoms with Crippen LogP contribution in [0.1, 0.15) is 10.4 Å². The third-order valence-electron chi connectivity index (χ3n) is 4.96. The molecule has 1 aliphatic carbocycles. The van der Waals surface area contributed by atoms with Gasteiger partial charge in [0.25, 0.3) is 0 Å². The van der Waals surface area contributed by atoms with Gasteiger partial charge in [-0.05, 0) is 29.8 Å². The van der Waals surface area contributed by atoms with Gasteiger partial charge in [0, 0.05) is 55.5 Å². The zero-order chi connectivity index (χ0) is 20.7. The smallest absolute Gasteiger partial charge is 0.336 e. The maximum atomic E-state index is 11.9. The molecule has 0 saturated carbocycles. The van der Waals surface area contributed by atoms with E-state index in [-0.39, 0.29) is 5.56 Å². The Bertz CT molecular complexity index is 1290. The average Bonchev–Trinajstić information content (AvgIpc) is 2.71. The van der Waals surface area contributed by atoms with Gasteiger partial charge < -0.3 is 14.4 Å². The van der Waals surface area contributed by atoms with E-state index in [1.165, 1.54) is 0 Å². The van der Waals surface area contributed by atoms with Crippen molar-refractivity contribution < 1.29 is 14.3 Å². The Kier molecular flexibility index (Phi) is 4.76. The highest BCUT2D eigenvalue weighted by Gasteiger charge is 2.22. The highest BCUT2D eigenvalue weighted by molar-refractivity contribution is 6.31. The van der Waals surface area contributed by atoms with Crippen LogP contribution in [0, 0.1) is 0 Å².